The minimum absolute atomic E-state index is 0.0988. The summed E-state index contributed by atoms with van der Waals surface area (Å²) in [6.07, 6.45) is 10.7. The summed E-state index contributed by atoms with van der Waals surface area (Å²) in [6.45, 7) is 8.50. The molecule has 0 aliphatic heterocycles. The van der Waals surface area contributed by atoms with Crippen LogP contribution in [0, 0.1) is 13.8 Å². The van der Waals surface area contributed by atoms with Gasteiger partial charge in [-0.15, -0.1) is 0 Å². The summed E-state index contributed by atoms with van der Waals surface area (Å²) in [5.74, 6) is -0.221. The van der Waals surface area contributed by atoms with Crippen LogP contribution in [0.5, 0.6) is 0 Å². The van der Waals surface area contributed by atoms with Crippen molar-refractivity contribution in [2.45, 2.75) is 72.4 Å². The highest BCUT2D eigenvalue weighted by Gasteiger charge is 2.23. The number of pyridine rings is 2. The second-order valence-electron chi connectivity index (χ2n) is 11.5. The van der Waals surface area contributed by atoms with Gasteiger partial charge in [0, 0.05) is 76.9 Å². The fourth-order valence-electron chi connectivity index (χ4n) is 6.54. The molecular formula is C33H37N5O3. The maximum absolute atomic E-state index is 14.0. The molecule has 0 saturated heterocycles. The molecule has 4 heterocycles. The van der Waals surface area contributed by atoms with Crippen molar-refractivity contribution in [2.24, 2.45) is 7.05 Å². The van der Waals surface area contributed by atoms with Gasteiger partial charge in [0.15, 0.2) is 0 Å². The average Bonchev–Trinajstić information content (AvgIpc) is 3.59. The van der Waals surface area contributed by atoms with Crippen molar-refractivity contribution in [3.05, 3.63) is 91.0 Å². The van der Waals surface area contributed by atoms with E-state index in [1.54, 1.807) is 17.8 Å². The molecule has 0 saturated carbocycles. The molecule has 6 rings (SSSR count). The van der Waals surface area contributed by atoms with Crippen LogP contribution in [-0.2, 0) is 26.4 Å². The molecule has 5 aromatic rings. The lowest BCUT2D eigenvalue weighted by molar-refractivity contribution is 0.0952. The standard InChI is InChI=1S/C33H37N5O3/c1-6-19(3)38-16-18(2)29-25(31(39)35-15-26-23-10-8-7-9-22(23)20(4)36-32(26)40)13-21(14-28(29)38)27-17-37(5)33(41)30-24(27)11-12-34-30/h11-14,16-17,19,34H,6-10,15H2,1-5H3,(H,35,39)(H,36,40). The van der Waals surface area contributed by atoms with Crippen LogP contribution in [0.3, 0.4) is 0 Å². The van der Waals surface area contributed by atoms with Gasteiger partial charge in [0.2, 0.25) is 0 Å². The van der Waals surface area contributed by atoms with Crippen molar-refractivity contribution in [3.63, 3.8) is 0 Å². The zero-order chi connectivity index (χ0) is 29.0. The number of carbonyl (C=O) groups is 1. The molecule has 3 N–H and O–H groups in total. The lowest BCUT2D eigenvalue weighted by Gasteiger charge is -2.21. The van der Waals surface area contributed by atoms with Crippen LogP contribution in [0.1, 0.15) is 77.5 Å². The van der Waals surface area contributed by atoms with Gasteiger partial charge in [-0.25, -0.2) is 0 Å². The van der Waals surface area contributed by atoms with E-state index in [0.717, 1.165) is 76.3 Å². The maximum Gasteiger partial charge on any atom is 0.274 e. The first-order valence-corrected chi connectivity index (χ1v) is 14.5. The summed E-state index contributed by atoms with van der Waals surface area (Å²) >= 11 is 0. The molecule has 1 aromatic carbocycles. The molecule has 41 heavy (non-hydrogen) atoms. The van der Waals surface area contributed by atoms with Crippen LogP contribution >= 0.6 is 0 Å². The zero-order valence-electron chi connectivity index (χ0n) is 24.4. The summed E-state index contributed by atoms with van der Waals surface area (Å²) in [5, 5.41) is 4.82. The fraction of sp³-hybridized carbons (Fsp3) is 0.364. The molecule has 1 unspecified atom stereocenters. The monoisotopic (exact) mass is 551 g/mol. The second kappa shape index (κ2) is 10.3. The van der Waals surface area contributed by atoms with Crippen molar-refractivity contribution in [2.75, 3.05) is 0 Å². The van der Waals surface area contributed by atoms with Gasteiger partial charge in [0.25, 0.3) is 17.0 Å². The minimum atomic E-state index is -0.221. The van der Waals surface area contributed by atoms with E-state index in [-0.39, 0.29) is 29.6 Å². The highest BCUT2D eigenvalue weighted by molar-refractivity contribution is 6.10. The summed E-state index contributed by atoms with van der Waals surface area (Å²) in [6, 6.07) is 6.19. The highest BCUT2D eigenvalue weighted by Crippen LogP contribution is 2.35. The minimum Gasteiger partial charge on any atom is -0.357 e. The summed E-state index contributed by atoms with van der Waals surface area (Å²) in [4.78, 5) is 45.8. The van der Waals surface area contributed by atoms with Crippen molar-refractivity contribution in [1.82, 2.24) is 24.4 Å². The number of aryl methyl sites for hydroxylation is 3. The predicted molar refractivity (Wildman–Crippen MR) is 164 cm³/mol. The van der Waals surface area contributed by atoms with E-state index < -0.39 is 0 Å². The molecule has 8 heteroatoms. The third-order valence-corrected chi connectivity index (χ3v) is 8.92. The summed E-state index contributed by atoms with van der Waals surface area (Å²) in [5.41, 5.74) is 8.51. The van der Waals surface area contributed by atoms with Gasteiger partial charge in [0.05, 0.1) is 0 Å². The number of fused-ring (bicyclic) bond motifs is 3. The van der Waals surface area contributed by atoms with Crippen LogP contribution in [0.25, 0.3) is 32.9 Å². The van der Waals surface area contributed by atoms with Crippen molar-refractivity contribution in [1.29, 1.82) is 0 Å². The Bertz CT molecular complexity index is 1950. The topological polar surface area (TPSA) is 105 Å². The smallest absolute Gasteiger partial charge is 0.274 e. The van der Waals surface area contributed by atoms with Crippen LogP contribution in [0.15, 0.2) is 46.4 Å². The first kappa shape index (κ1) is 26.9. The number of rotatable bonds is 6. The number of aromatic amines is 2. The van der Waals surface area contributed by atoms with Crippen LogP contribution in [0.2, 0.25) is 0 Å². The molecule has 4 aromatic heterocycles. The number of aromatic nitrogens is 4. The number of nitrogens with zero attached hydrogens (tertiary/aromatic N) is 2. The second-order valence-corrected chi connectivity index (χ2v) is 11.5. The molecule has 212 valence electrons. The number of carbonyl (C=O) groups excluding carboxylic acids is 1. The van der Waals surface area contributed by atoms with E-state index in [0.29, 0.717) is 16.6 Å². The van der Waals surface area contributed by atoms with E-state index in [2.05, 4.69) is 46.0 Å². The number of H-pyrrole nitrogens is 2. The molecule has 0 radical (unpaired) electrons. The van der Waals surface area contributed by atoms with E-state index >= 15 is 0 Å². The molecule has 0 fully saturated rings. The molecule has 8 nitrogen and oxygen atoms in total. The third kappa shape index (κ3) is 4.42. The van der Waals surface area contributed by atoms with Gasteiger partial charge < -0.3 is 24.4 Å². The van der Waals surface area contributed by atoms with Crippen molar-refractivity contribution >= 4 is 27.7 Å². The molecule has 0 spiro atoms. The van der Waals surface area contributed by atoms with E-state index in [4.69, 9.17) is 0 Å². The molecule has 1 aliphatic carbocycles. The van der Waals surface area contributed by atoms with Gasteiger partial charge in [-0.1, -0.05) is 6.92 Å². The largest absolute Gasteiger partial charge is 0.357 e. The van der Waals surface area contributed by atoms with E-state index in [9.17, 15) is 14.4 Å². The Balaban J connectivity index is 1.49. The number of nitrogens with one attached hydrogen (secondary N) is 3. The Hall–Kier alpha value is -4.33. The van der Waals surface area contributed by atoms with Gasteiger partial charge in [-0.2, -0.15) is 0 Å². The van der Waals surface area contributed by atoms with Crippen LogP contribution in [0.4, 0.5) is 0 Å². The number of hydrogen-bond acceptors (Lipinski definition) is 3. The Kier molecular flexibility index (Phi) is 6.72. The van der Waals surface area contributed by atoms with Crippen LogP contribution in [-0.4, -0.2) is 25.0 Å². The number of hydrogen-bond donors (Lipinski definition) is 3. The summed E-state index contributed by atoms with van der Waals surface area (Å²) in [7, 11) is 1.74. The normalized spacial score (nSPS) is 14.0. The van der Waals surface area contributed by atoms with Gasteiger partial charge in [-0.05, 0) is 93.3 Å². The molecule has 1 amide bonds. The molecule has 0 bridgehead atoms. The van der Waals surface area contributed by atoms with E-state index in [1.807, 2.05) is 32.2 Å². The maximum atomic E-state index is 14.0. The van der Waals surface area contributed by atoms with Gasteiger partial charge in [-0.3, -0.25) is 14.4 Å². The highest BCUT2D eigenvalue weighted by atomic mass is 16.2. The quantitative estimate of drug-likeness (QED) is 0.257. The Morgan fingerprint density at radius 2 is 1.85 bits per heavy atom. The molecule has 1 atom stereocenters. The first-order valence-electron chi connectivity index (χ1n) is 14.5. The Morgan fingerprint density at radius 1 is 1.10 bits per heavy atom. The fourth-order valence-corrected chi connectivity index (χ4v) is 6.54. The van der Waals surface area contributed by atoms with Gasteiger partial charge >= 0.3 is 0 Å². The lowest BCUT2D eigenvalue weighted by Crippen LogP contribution is -2.30. The third-order valence-electron chi connectivity index (χ3n) is 8.92. The van der Waals surface area contributed by atoms with Crippen molar-refractivity contribution < 1.29 is 4.79 Å². The molecule has 1 aliphatic rings. The number of amides is 1. The Morgan fingerprint density at radius 3 is 2.61 bits per heavy atom. The zero-order valence-corrected chi connectivity index (χ0v) is 24.4. The number of benzene rings is 1. The summed E-state index contributed by atoms with van der Waals surface area (Å²) < 4.78 is 3.81. The SMILES string of the molecule is CCC(C)n1cc(C)c2c(C(=O)NCc3c4c(c(C)[nH]c3=O)CCCC4)cc(-c3cn(C)c(=O)c4[nH]ccc34)cc21. The van der Waals surface area contributed by atoms with E-state index in [1.165, 1.54) is 5.56 Å². The molecular weight excluding hydrogens is 514 g/mol. The lowest BCUT2D eigenvalue weighted by atomic mass is 9.88. The Labute approximate surface area is 238 Å². The van der Waals surface area contributed by atoms with Crippen molar-refractivity contribution in [3.8, 4) is 11.1 Å². The predicted octanol–water partition coefficient (Wildman–Crippen LogP) is 5.57. The first-order chi connectivity index (χ1) is 19.7. The van der Waals surface area contributed by atoms with Gasteiger partial charge in [0.1, 0.15) is 5.52 Å². The van der Waals surface area contributed by atoms with Crippen LogP contribution < -0.4 is 16.4 Å². The average molecular weight is 552 g/mol.